The van der Waals surface area contributed by atoms with Crippen LogP contribution in [0.3, 0.4) is 0 Å². The number of rotatable bonds is 7. The maximum absolute atomic E-state index is 13.7. The summed E-state index contributed by atoms with van der Waals surface area (Å²) in [6.45, 7) is 1.74. The fourth-order valence-electron chi connectivity index (χ4n) is 3.33. The molecule has 140 valence electrons. The molecule has 4 nitrogen and oxygen atoms in total. The van der Waals surface area contributed by atoms with Crippen molar-refractivity contribution in [2.24, 2.45) is 0 Å². The van der Waals surface area contributed by atoms with Gasteiger partial charge in [0, 0.05) is 19.2 Å². The van der Waals surface area contributed by atoms with E-state index in [9.17, 15) is 12.8 Å². The topological polar surface area (TPSA) is 49.4 Å². The van der Waals surface area contributed by atoms with Gasteiger partial charge in [0.25, 0.3) is 0 Å². The normalized spacial score (nSPS) is 15.0. The van der Waals surface area contributed by atoms with E-state index in [2.05, 4.69) is 9.62 Å². The van der Waals surface area contributed by atoms with Crippen molar-refractivity contribution in [1.29, 1.82) is 0 Å². The molecule has 1 saturated heterocycles. The molecule has 1 aliphatic rings. The van der Waals surface area contributed by atoms with Crippen LogP contribution in [0.25, 0.3) is 0 Å². The van der Waals surface area contributed by atoms with Gasteiger partial charge in [0.1, 0.15) is 5.82 Å². The molecule has 3 rings (SSSR count). The van der Waals surface area contributed by atoms with Crippen molar-refractivity contribution in [2.75, 3.05) is 28.5 Å². The van der Waals surface area contributed by atoms with E-state index in [-0.39, 0.29) is 5.75 Å². The second kappa shape index (κ2) is 8.54. The zero-order valence-corrected chi connectivity index (χ0v) is 15.6. The van der Waals surface area contributed by atoms with E-state index in [0.29, 0.717) is 18.5 Å². The first-order chi connectivity index (χ1) is 12.5. The lowest BCUT2D eigenvalue weighted by molar-refractivity contribution is 0.577. The summed E-state index contributed by atoms with van der Waals surface area (Å²) in [5.41, 5.74) is 2.21. The highest BCUT2D eigenvalue weighted by Crippen LogP contribution is 2.30. The van der Waals surface area contributed by atoms with Crippen LogP contribution in [-0.4, -0.2) is 27.3 Å². The molecule has 0 amide bonds. The maximum Gasteiger partial charge on any atom is 0.232 e. The van der Waals surface area contributed by atoms with Crippen molar-refractivity contribution < 1.29 is 12.8 Å². The van der Waals surface area contributed by atoms with Gasteiger partial charge in [-0.2, -0.15) is 0 Å². The average molecular weight is 376 g/mol. The Morgan fingerprint density at radius 1 is 1.00 bits per heavy atom. The van der Waals surface area contributed by atoms with Gasteiger partial charge in [-0.05, 0) is 49.8 Å². The molecule has 0 aliphatic carbocycles. The number of anilines is 2. The highest BCUT2D eigenvalue weighted by Gasteiger charge is 2.19. The van der Waals surface area contributed by atoms with Crippen molar-refractivity contribution in [3.63, 3.8) is 0 Å². The van der Waals surface area contributed by atoms with Gasteiger partial charge >= 0.3 is 0 Å². The molecule has 2 aromatic rings. The third-order valence-electron chi connectivity index (χ3n) is 4.64. The molecule has 6 heteroatoms. The molecule has 0 spiro atoms. The third kappa shape index (κ3) is 5.21. The van der Waals surface area contributed by atoms with Crippen molar-refractivity contribution in [3.8, 4) is 0 Å². The van der Waals surface area contributed by atoms with Gasteiger partial charge < -0.3 is 4.90 Å². The molecule has 1 fully saturated rings. The second-order valence-corrected chi connectivity index (χ2v) is 8.56. The lowest BCUT2D eigenvalue weighted by Crippen LogP contribution is -2.30. The van der Waals surface area contributed by atoms with Crippen LogP contribution in [0.2, 0.25) is 0 Å². The van der Waals surface area contributed by atoms with E-state index in [1.807, 2.05) is 30.3 Å². The second-order valence-electron chi connectivity index (χ2n) is 6.72. The number of benzene rings is 2. The number of hydrogen-bond donors (Lipinski definition) is 1. The van der Waals surface area contributed by atoms with Gasteiger partial charge in [-0.25, -0.2) is 12.8 Å². The molecule has 0 radical (unpaired) electrons. The smallest absolute Gasteiger partial charge is 0.232 e. The minimum absolute atomic E-state index is 0.0118. The maximum atomic E-state index is 13.7. The fourth-order valence-corrected chi connectivity index (χ4v) is 4.46. The van der Waals surface area contributed by atoms with Crippen LogP contribution in [-0.2, 0) is 16.4 Å². The number of halogens is 1. The monoisotopic (exact) mass is 376 g/mol. The lowest BCUT2D eigenvalue weighted by Gasteiger charge is -2.30. The van der Waals surface area contributed by atoms with Gasteiger partial charge in [0.15, 0.2) is 0 Å². The quantitative estimate of drug-likeness (QED) is 0.788. The molecule has 0 saturated carbocycles. The van der Waals surface area contributed by atoms with E-state index in [4.69, 9.17) is 0 Å². The molecular weight excluding hydrogens is 351 g/mol. The number of nitrogens with zero attached hydrogens (tertiary/aromatic N) is 1. The van der Waals surface area contributed by atoms with Crippen LogP contribution in [0.15, 0.2) is 48.5 Å². The number of hydrogen-bond acceptors (Lipinski definition) is 3. The summed E-state index contributed by atoms with van der Waals surface area (Å²) < 4.78 is 41.3. The first kappa shape index (κ1) is 18.7. The van der Waals surface area contributed by atoms with Crippen molar-refractivity contribution in [1.82, 2.24) is 0 Å². The zero-order chi connectivity index (χ0) is 18.4. The molecule has 0 aromatic heterocycles. The van der Waals surface area contributed by atoms with Crippen LogP contribution in [0.5, 0.6) is 0 Å². The first-order valence-electron chi connectivity index (χ1n) is 9.12. The number of piperidine rings is 1. The predicted molar refractivity (Wildman–Crippen MR) is 105 cm³/mol. The highest BCUT2D eigenvalue weighted by molar-refractivity contribution is 7.92. The largest absolute Gasteiger partial charge is 0.370 e. The molecule has 1 aliphatic heterocycles. The Balaban J connectivity index is 1.67. The van der Waals surface area contributed by atoms with Crippen LogP contribution in [0.4, 0.5) is 15.8 Å². The van der Waals surface area contributed by atoms with Gasteiger partial charge in [-0.15, -0.1) is 0 Å². The summed E-state index contributed by atoms with van der Waals surface area (Å²) in [6, 6.07) is 14.1. The van der Waals surface area contributed by atoms with Crippen LogP contribution in [0, 0.1) is 5.82 Å². The summed E-state index contributed by atoms with van der Waals surface area (Å²) in [5, 5.41) is 0. The Bertz CT molecular complexity index is 819. The van der Waals surface area contributed by atoms with Crippen LogP contribution in [0.1, 0.15) is 31.2 Å². The summed E-state index contributed by atoms with van der Waals surface area (Å²) in [5.74, 6) is -0.426. The van der Waals surface area contributed by atoms with E-state index in [0.717, 1.165) is 37.2 Å². The predicted octanol–water partition coefficient (Wildman–Crippen LogP) is 4.19. The molecule has 26 heavy (non-hydrogen) atoms. The van der Waals surface area contributed by atoms with Gasteiger partial charge in [-0.1, -0.05) is 30.3 Å². The minimum atomic E-state index is -3.53. The van der Waals surface area contributed by atoms with Crippen molar-refractivity contribution >= 4 is 21.4 Å². The highest BCUT2D eigenvalue weighted by atomic mass is 32.2. The van der Waals surface area contributed by atoms with E-state index < -0.39 is 15.8 Å². The zero-order valence-electron chi connectivity index (χ0n) is 14.8. The Morgan fingerprint density at radius 2 is 1.73 bits per heavy atom. The number of nitrogens with one attached hydrogen (secondary N) is 1. The minimum Gasteiger partial charge on any atom is -0.370 e. The third-order valence-corrected chi connectivity index (χ3v) is 6.00. The standard InChI is InChI=1S/C20H25FN2O2S/c21-18-11-12-20(23-13-5-2-6-14-23)19(16-18)22-26(24,25)15-7-10-17-8-3-1-4-9-17/h1,3-4,8-9,11-12,16,22H,2,5-7,10,13-15H2. The Kier molecular flexibility index (Phi) is 6.14. The Hall–Kier alpha value is -2.08. The molecule has 2 aromatic carbocycles. The number of aryl methyl sites for hydroxylation is 1. The SMILES string of the molecule is O=S(=O)(CCCc1ccccc1)Nc1cc(F)ccc1N1CCCCC1. The molecule has 0 bridgehead atoms. The summed E-state index contributed by atoms with van der Waals surface area (Å²) >= 11 is 0. The molecular formula is C20H25FN2O2S. The molecule has 1 heterocycles. The summed E-state index contributed by atoms with van der Waals surface area (Å²) in [6.07, 6.45) is 4.54. The van der Waals surface area contributed by atoms with E-state index in [1.54, 1.807) is 6.07 Å². The average Bonchev–Trinajstić information content (AvgIpc) is 2.63. The van der Waals surface area contributed by atoms with E-state index >= 15 is 0 Å². The van der Waals surface area contributed by atoms with Crippen molar-refractivity contribution in [3.05, 3.63) is 59.9 Å². The van der Waals surface area contributed by atoms with Crippen LogP contribution >= 0.6 is 0 Å². The van der Waals surface area contributed by atoms with E-state index in [1.165, 1.54) is 18.6 Å². The number of sulfonamides is 1. The summed E-state index contributed by atoms with van der Waals surface area (Å²) in [4.78, 5) is 2.13. The van der Waals surface area contributed by atoms with Crippen molar-refractivity contribution in [2.45, 2.75) is 32.1 Å². The van der Waals surface area contributed by atoms with Gasteiger partial charge in [0.05, 0.1) is 17.1 Å². The lowest BCUT2D eigenvalue weighted by atomic mass is 10.1. The first-order valence-corrected chi connectivity index (χ1v) is 10.8. The molecule has 1 N–H and O–H groups in total. The molecule has 0 atom stereocenters. The molecule has 0 unspecified atom stereocenters. The van der Waals surface area contributed by atoms with Gasteiger partial charge in [0.2, 0.25) is 10.0 Å². The van der Waals surface area contributed by atoms with Crippen LogP contribution < -0.4 is 9.62 Å². The fraction of sp³-hybridized carbons (Fsp3) is 0.400. The Labute approximate surface area is 155 Å². The Morgan fingerprint density at radius 3 is 2.46 bits per heavy atom. The van der Waals surface area contributed by atoms with Gasteiger partial charge in [-0.3, -0.25) is 4.72 Å². The summed E-state index contributed by atoms with van der Waals surface area (Å²) in [7, 11) is -3.53.